The fraction of sp³-hybridized carbons (Fsp3) is 0.273. The van der Waals surface area contributed by atoms with Gasteiger partial charge in [-0.2, -0.15) is 5.21 Å². The summed E-state index contributed by atoms with van der Waals surface area (Å²) in [6.45, 7) is -0.0667. The third kappa shape index (κ3) is 4.07. The summed E-state index contributed by atoms with van der Waals surface area (Å²) in [5.41, 5.74) is 0.666. The number of nitrogens with zero attached hydrogens (tertiary/aromatic N) is 3. The van der Waals surface area contributed by atoms with Crippen molar-refractivity contribution in [3.63, 3.8) is 0 Å². The SMILES string of the molecule is COC(=O)Cc1ccc(S(=O)(=O)NCc2nn[nH]n2)cc1. The van der Waals surface area contributed by atoms with Crippen LogP contribution in [0.5, 0.6) is 0 Å². The van der Waals surface area contributed by atoms with Crippen molar-refractivity contribution in [2.75, 3.05) is 7.11 Å². The standard InChI is InChI=1S/C11H13N5O4S/c1-20-11(17)6-8-2-4-9(5-3-8)21(18,19)12-7-10-13-15-16-14-10/h2-5,12H,6-7H2,1H3,(H,13,14,15,16). The Morgan fingerprint density at radius 2 is 2.05 bits per heavy atom. The Morgan fingerprint density at radius 1 is 1.33 bits per heavy atom. The Kier molecular flexibility index (Phi) is 4.60. The number of hydrogen-bond acceptors (Lipinski definition) is 7. The van der Waals surface area contributed by atoms with Gasteiger partial charge >= 0.3 is 5.97 Å². The predicted octanol–water partition coefficient (Wildman–Crippen LogP) is -0.606. The van der Waals surface area contributed by atoms with Gasteiger partial charge in [0.15, 0.2) is 5.82 Å². The fourth-order valence-electron chi connectivity index (χ4n) is 1.53. The maximum absolute atomic E-state index is 12.0. The minimum absolute atomic E-state index is 0.0667. The number of carbonyl (C=O) groups is 1. The number of methoxy groups -OCH3 is 1. The highest BCUT2D eigenvalue weighted by molar-refractivity contribution is 7.89. The zero-order valence-corrected chi connectivity index (χ0v) is 11.9. The number of nitrogens with one attached hydrogen (secondary N) is 2. The minimum Gasteiger partial charge on any atom is -0.469 e. The van der Waals surface area contributed by atoms with Crippen LogP contribution in [-0.4, -0.2) is 42.1 Å². The van der Waals surface area contributed by atoms with Crippen molar-refractivity contribution in [3.8, 4) is 0 Å². The summed E-state index contributed by atoms with van der Waals surface area (Å²) >= 11 is 0. The molecule has 10 heteroatoms. The number of rotatable bonds is 6. The summed E-state index contributed by atoms with van der Waals surface area (Å²) in [5, 5.41) is 12.8. The van der Waals surface area contributed by atoms with Gasteiger partial charge in [-0.1, -0.05) is 17.3 Å². The van der Waals surface area contributed by atoms with Crippen LogP contribution in [0.15, 0.2) is 29.2 Å². The molecule has 0 saturated heterocycles. The molecule has 0 spiro atoms. The first kappa shape index (κ1) is 15.1. The zero-order valence-electron chi connectivity index (χ0n) is 11.1. The van der Waals surface area contributed by atoms with E-state index in [1.54, 1.807) is 12.1 Å². The molecular formula is C11H13N5O4S. The molecule has 0 atom stereocenters. The van der Waals surface area contributed by atoms with E-state index < -0.39 is 10.0 Å². The van der Waals surface area contributed by atoms with Gasteiger partial charge in [0.25, 0.3) is 0 Å². The van der Waals surface area contributed by atoms with Gasteiger partial charge in [0.05, 0.1) is 25.0 Å². The highest BCUT2D eigenvalue weighted by Gasteiger charge is 2.15. The van der Waals surface area contributed by atoms with Gasteiger partial charge in [-0.3, -0.25) is 4.79 Å². The lowest BCUT2D eigenvalue weighted by atomic mass is 10.2. The summed E-state index contributed by atoms with van der Waals surface area (Å²) in [4.78, 5) is 11.2. The van der Waals surface area contributed by atoms with Gasteiger partial charge < -0.3 is 4.74 Å². The van der Waals surface area contributed by atoms with E-state index in [0.717, 1.165) is 0 Å². The Hall–Kier alpha value is -2.33. The number of aromatic nitrogens is 4. The van der Waals surface area contributed by atoms with Gasteiger partial charge in [-0.05, 0) is 17.7 Å². The second kappa shape index (κ2) is 6.41. The predicted molar refractivity (Wildman–Crippen MR) is 70.4 cm³/mol. The van der Waals surface area contributed by atoms with E-state index in [9.17, 15) is 13.2 Å². The third-order valence-corrected chi connectivity index (χ3v) is 4.04. The molecule has 0 bridgehead atoms. The number of aromatic amines is 1. The summed E-state index contributed by atoms with van der Waals surface area (Å²) in [5.74, 6) is -0.151. The normalized spacial score (nSPS) is 11.3. The number of tetrazole rings is 1. The van der Waals surface area contributed by atoms with E-state index in [2.05, 4.69) is 30.1 Å². The molecule has 2 N–H and O–H groups in total. The quantitative estimate of drug-likeness (QED) is 0.681. The largest absolute Gasteiger partial charge is 0.469 e. The number of H-pyrrole nitrogens is 1. The van der Waals surface area contributed by atoms with Crippen molar-refractivity contribution in [3.05, 3.63) is 35.7 Å². The molecule has 0 radical (unpaired) electrons. The second-order valence-corrected chi connectivity index (χ2v) is 5.82. The number of carbonyl (C=O) groups excluding carboxylic acids is 1. The van der Waals surface area contributed by atoms with Crippen LogP contribution >= 0.6 is 0 Å². The zero-order chi connectivity index (χ0) is 15.3. The highest BCUT2D eigenvalue weighted by Crippen LogP contribution is 2.11. The minimum atomic E-state index is -3.68. The number of ether oxygens (including phenoxy) is 1. The molecule has 0 aliphatic carbocycles. The molecule has 0 aliphatic heterocycles. The average Bonchev–Trinajstić information content (AvgIpc) is 2.99. The van der Waals surface area contributed by atoms with Gasteiger partial charge in [0.1, 0.15) is 0 Å². The Balaban J connectivity index is 2.04. The van der Waals surface area contributed by atoms with E-state index in [1.165, 1.54) is 19.2 Å². The average molecular weight is 311 g/mol. The van der Waals surface area contributed by atoms with Crippen molar-refractivity contribution in [2.45, 2.75) is 17.9 Å². The Morgan fingerprint density at radius 3 is 2.62 bits per heavy atom. The first-order valence-electron chi connectivity index (χ1n) is 5.89. The van der Waals surface area contributed by atoms with Crippen molar-refractivity contribution in [1.29, 1.82) is 0 Å². The number of esters is 1. The van der Waals surface area contributed by atoms with Gasteiger partial charge in [-0.15, -0.1) is 10.2 Å². The van der Waals surface area contributed by atoms with Crippen molar-refractivity contribution < 1.29 is 17.9 Å². The molecule has 2 aromatic rings. The molecule has 1 aromatic carbocycles. The first-order valence-corrected chi connectivity index (χ1v) is 7.37. The van der Waals surface area contributed by atoms with Crippen LogP contribution in [0.4, 0.5) is 0 Å². The molecule has 0 unspecified atom stereocenters. The van der Waals surface area contributed by atoms with Gasteiger partial charge in [0.2, 0.25) is 10.0 Å². The van der Waals surface area contributed by atoms with Crippen LogP contribution in [-0.2, 0) is 32.5 Å². The van der Waals surface area contributed by atoms with E-state index in [-0.39, 0.29) is 29.7 Å². The van der Waals surface area contributed by atoms with Gasteiger partial charge in [0, 0.05) is 0 Å². The summed E-state index contributed by atoms with van der Waals surface area (Å²) in [6, 6.07) is 5.94. The molecule has 0 amide bonds. The van der Waals surface area contributed by atoms with Crippen molar-refractivity contribution in [1.82, 2.24) is 25.3 Å². The lowest BCUT2D eigenvalue weighted by molar-refractivity contribution is -0.139. The highest BCUT2D eigenvalue weighted by atomic mass is 32.2. The molecule has 2 rings (SSSR count). The molecular weight excluding hydrogens is 298 g/mol. The fourth-order valence-corrected chi connectivity index (χ4v) is 2.51. The van der Waals surface area contributed by atoms with Crippen LogP contribution in [0.2, 0.25) is 0 Å². The summed E-state index contributed by atoms with van der Waals surface area (Å²) in [7, 11) is -2.38. The molecule has 9 nitrogen and oxygen atoms in total. The van der Waals surface area contributed by atoms with Crippen molar-refractivity contribution in [2.24, 2.45) is 0 Å². The lowest BCUT2D eigenvalue weighted by Gasteiger charge is -2.06. The summed E-state index contributed by atoms with van der Waals surface area (Å²) < 4.78 is 30.9. The van der Waals surface area contributed by atoms with Crippen LogP contribution < -0.4 is 4.72 Å². The van der Waals surface area contributed by atoms with E-state index in [1.807, 2.05) is 0 Å². The number of sulfonamides is 1. The molecule has 0 aliphatic rings. The Bertz CT molecular complexity index is 697. The third-order valence-electron chi connectivity index (χ3n) is 2.62. The molecule has 0 fully saturated rings. The molecule has 1 aromatic heterocycles. The van der Waals surface area contributed by atoms with Crippen LogP contribution in [0.1, 0.15) is 11.4 Å². The Labute approximate surface area is 120 Å². The van der Waals surface area contributed by atoms with E-state index >= 15 is 0 Å². The van der Waals surface area contributed by atoms with Crippen LogP contribution in [0.25, 0.3) is 0 Å². The number of hydrogen-bond donors (Lipinski definition) is 2. The summed E-state index contributed by atoms with van der Waals surface area (Å²) in [6.07, 6.45) is 0.0904. The van der Waals surface area contributed by atoms with Gasteiger partial charge in [-0.25, -0.2) is 13.1 Å². The first-order chi connectivity index (χ1) is 10.0. The molecule has 1 heterocycles. The van der Waals surface area contributed by atoms with Crippen LogP contribution in [0.3, 0.4) is 0 Å². The van der Waals surface area contributed by atoms with E-state index in [0.29, 0.717) is 5.56 Å². The maximum Gasteiger partial charge on any atom is 0.309 e. The van der Waals surface area contributed by atoms with E-state index in [4.69, 9.17) is 0 Å². The topological polar surface area (TPSA) is 127 Å². The molecule has 112 valence electrons. The molecule has 0 saturated carbocycles. The smallest absolute Gasteiger partial charge is 0.309 e. The second-order valence-electron chi connectivity index (χ2n) is 4.05. The lowest BCUT2D eigenvalue weighted by Crippen LogP contribution is -2.23. The number of benzene rings is 1. The molecule has 21 heavy (non-hydrogen) atoms. The van der Waals surface area contributed by atoms with Crippen molar-refractivity contribution >= 4 is 16.0 Å². The maximum atomic E-state index is 12.0. The monoisotopic (exact) mass is 311 g/mol. The van der Waals surface area contributed by atoms with Crippen LogP contribution in [0, 0.1) is 0 Å².